The van der Waals surface area contributed by atoms with Crippen LogP contribution in [-0.2, 0) is 30.2 Å². The van der Waals surface area contributed by atoms with E-state index in [1.54, 1.807) is 20.8 Å². The molecule has 4 heterocycles. The highest BCUT2D eigenvalue weighted by Gasteiger charge is 2.29. The van der Waals surface area contributed by atoms with E-state index in [2.05, 4.69) is 42.7 Å². The molecule has 2 aliphatic heterocycles. The third-order valence-corrected chi connectivity index (χ3v) is 7.58. The largest absolute Gasteiger partial charge is 0.469 e. The van der Waals surface area contributed by atoms with Crippen molar-refractivity contribution >= 4 is 35.5 Å². The van der Waals surface area contributed by atoms with Gasteiger partial charge in [-0.1, -0.05) is 6.07 Å². The summed E-state index contributed by atoms with van der Waals surface area (Å²) in [5.41, 5.74) is 2.51. The van der Waals surface area contributed by atoms with E-state index >= 15 is 0 Å². The standard InChI is InChI=1S/C31H45N7O6/c1-19-26(33-18-24(29(40)44-31(3,4)5)37-30(41)43-17-13-25(39)42-6)34-20(2)35-28(19)38-15-11-21(12-16-38)23-10-9-22-8-7-14-32-27(22)36-23/h9-10,21,24H,7-8,11-18H2,1-6H3,(H,32,36)(H,37,41)(H,33,34,35)/t24-/m0/s1. The maximum absolute atomic E-state index is 13.0. The van der Waals surface area contributed by atoms with Crippen molar-refractivity contribution in [3.05, 3.63) is 34.8 Å². The molecule has 1 fully saturated rings. The Hall–Kier alpha value is -4.16. The number of amides is 1. The van der Waals surface area contributed by atoms with Crippen LogP contribution in [0, 0.1) is 13.8 Å². The second kappa shape index (κ2) is 14.5. The first-order chi connectivity index (χ1) is 20.9. The number of aromatic nitrogens is 3. The number of piperidine rings is 1. The average Bonchev–Trinajstić information content (AvgIpc) is 2.99. The number of nitrogens with one attached hydrogen (secondary N) is 3. The molecule has 3 N–H and O–H groups in total. The van der Waals surface area contributed by atoms with Crippen LogP contribution in [0.5, 0.6) is 0 Å². The molecule has 240 valence electrons. The quantitative estimate of drug-likeness (QED) is 0.265. The predicted molar refractivity (Wildman–Crippen MR) is 166 cm³/mol. The molecule has 0 aliphatic carbocycles. The van der Waals surface area contributed by atoms with Crippen molar-refractivity contribution in [3.63, 3.8) is 0 Å². The summed E-state index contributed by atoms with van der Waals surface area (Å²) in [6, 6.07) is 3.32. The van der Waals surface area contributed by atoms with Gasteiger partial charge < -0.3 is 35.1 Å². The Bertz CT molecular complexity index is 1340. The van der Waals surface area contributed by atoms with Gasteiger partial charge in [-0.15, -0.1) is 0 Å². The first-order valence-electron chi connectivity index (χ1n) is 15.2. The molecule has 13 nitrogen and oxygen atoms in total. The van der Waals surface area contributed by atoms with Gasteiger partial charge in [-0.3, -0.25) is 4.79 Å². The Morgan fingerprint density at radius 2 is 1.86 bits per heavy atom. The summed E-state index contributed by atoms with van der Waals surface area (Å²) in [4.78, 5) is 53.3. The SMILES string of the molecule is COC(=O)CCOC(=O)N[C@@H](CNc1nc(C)nc(N2CCC(c3ccc4c(n3)NCCC4)CC2)c1C)C(=O)OC(C)(C)C. The van der Waals surface area contributed by atoms with E-state index in [4.69, 9.17) is 19.4 Å². The Balaban J connectivity index is 1.41. The van der Waals surface area contributed by atoms with E-state index < -0.39 is 29.7 Å². The Labute approximate surface area is 258 Å². The van der Waals surface area contributed by atoms with Crippen LogP contribution in [0.2, 0.25) is 0 Å². The lowest BCUT2D eigenvalue weighted by atomic mass is 9.92. The molecule has 0 bridgehead atoms. The van der Waals surface area contributed by atoms with Gasteiger partial charge in [0.05, 0.1) is 13.5 Å². The number of fused-ring (bicyclic) bond motifs is 1. The number of ether oxygens (including phenoxy) is 3. The van der Waals surface area contributed by atoms with Gasteiger partial charge >= 0.3 is 18.0 Å². The van der Waals surface area contributed by atoms with E-state index in [-0.39, 0.29) is 19.6 Å². The van der Waals surface area contributed by atoms with Crippen LogP contribution in [0.15, 0.2) is 12.1 Å². The fraction of sp³-hybridized carbons (Fsp3) is 0.613. The minimum Gasteiger partial charge on any atom is -0.469 e. The molecule has 0 spiro atoms. The van der Waals surface area contributed by atoms with Crippen LogP contribution < -0.4 is 20.9 Å². The lowest BCUT2D eigenvalue weighted by Crippen LogP contribution is -2.48. The van der Waals surface area contributed by atoms with Crippen LogP contribution in [0.3, 0.4) is 0 Å². The summed E-state index contributed by atoms with van der Waals surface area (Å²) in [7, 11) is 1.25. The fourth-order valence-electron chi connectivity index (χ4n) is 5.33. The highest BCUT2D eigenvalue weighted by atomic mass is 16.6. The van der Waals surface area contributed by atoms with Crippen LogP contribution >= 0.6 is 0 Å². The molecule has 2 aromatic heterocycles. The van der Waals surface area contributed by atoms with Crippen molar-refractivity contribution in [1.82, 2.24) is 20.3 Å². The topological polar surface area (TPSA) is 157 Å². The van der Waals surface area contributed by atoms with Crippen molar-refractivity contribution in [2.75, 3.05) is 55.4 Å². The smallest absolute Gasteiger partial charge is 0.407 e. The van der Waals surface area contributed by atoms with Crippen LogP contribution in [0.4, 0.5) is 22.2 Å². The number of hydrogen-bond donors (Lipinski definition) is 3. The maximum atomic E-state index is 13.0. The zero-order chi connectivity index (χ0) is 31.9. The number of alkyl carbamates (subject to hydrolysis) is 1. The number of carbonyl (C=O) groups excluding carboxylic acids is 3. The molecule has 0 radical (unpaired) electrons. The van der Waals surface area contributed by atoms with E-state index in [9.17, 15) is 14.4 Å². The van der Waals surface area contributed by atoms with Crippen LogP contribution in [0.1, 0.15) is 75.0 Å². The second-order valence-electron chi connectivity index (χ2n) is 12.2. The lowest BCUT2D eigenvalue weighted by molar-refractivity contribution is -0.157. The Morgan fingerprint density at radius 3 is 2.57 bits per heavy atom. The number of carbonyl (C=O) groups is 3. The first-order valence-corrected chi connectivity index (χ1v) is 15.2. The molecule has 0 saturated carbocycles. The average molecular weight is 612 g/mol. The van der Waals surface area contributed by atoms with E-state index in [1.165, 1.54) is 12.7 Å². The summed E-state index contributed by atoms with van der Waals surface area (Å²) in [6.45, 7) is 11.4. The zero-order valence-electron chi connectivity index (χ0n) is 26.6. The van der Waals surface area contributed by atoms with Crippen LogP contribution in [-0.4, -0.2) is 84.5 Å². The predicted octanol–water partition coefficient (Wildman–Crippen LogP) is 3.64. The number of aryl methyl sites for hydroxylation is 2. The summed E-state index contributed by atoms with van der Waals surface area (Å²) in [6.07, 6.45) is 3.19. The summed E-state index contributed by atoms with van der Waals surface area (Å²) < 4.78 is 15.1. The number of anilines is 3. The maximum Gasteiger partial charge on any atom is 0.407 e. The number of esters is 2. The summed E-state index contributed by atoms with van der Waals surface area (Å²) in [5, 5.41) is 9.19. The number of pyridine rings is 1. The molecular weight excluding hydrogens is 566 g/mol. The van der Waals surface area contributed by atoms with Gasteiger partial charge in [0.2, 0.25) is 0 Å². The van der Waals surface area contributed by atoms with Gasteiger partial charge in [0, 0.05) is 43.4 Å². The van der Waals surface area contributed by atoms with Crippen molar-refractivity contribution in [3.8, 4) is 0 Å². The van der Waals surface area contributed by atoms with Crippen molar-refractivity contribution in [2.24, 2.45) is 0 Å². The molecule has 1 saturated heterocycles. The summed E-state index contributed by atoms with van der Waals surface area (Å²) in [5.74, 6) is 2.25. The molecule has 1 atom stereocenters. The molecule has 1 amide bonds. The van der Waals surface area contributed by atoms with Crippen molar-refractivity contribution < 1.29 is 28.6 Å². The monoisotopic (exact) mass is 611 g/mol. The normalized spacial score (nSPS) is 15.8. The van der Waals surface area contributed by atoms with Gasteiger partial charge in [0.1, 0.15) is 41.5 Å². The highest BCUT2D eigenvalue weighted by molar-refractivity contribution is 5.82. The molecular formula is C31H45N7O6. The molecule has 4 rings (SSSR count). The number of rotatable bonds is 10. The van der Waals surface area contributed by atoms with E-state index in [1.807, 2.05) is 13.8 Å². The minimum atomic E-state index is -1.08. The Morgan fingerprint density at radius 1 is 1.11 bits per heavy atom. The zero-order valence-corrected chi connectivity index (χ0v) is 26.6. The van der Waals surface area contributed by atoms with Gasteiger partial charge in [-0.25, -0.2) is 24.5 Å². The first kappa shape index (κ1) is 32.7. The van der Waals surface area contributed by atoms with Gasteiger partial charge in [0.25, 0.3) is 0 Å². The molecule has 0 aromatic carbocycles. The number of nitrogens with zero attached hydrogens (tertiary/aromatic N) is 4. The third kappa shape index (κ3) is 8.93. The molecule has 2 aromatic rings. The fourth-order valence-corrected chi connectivity index (χ4v) is 5.33. The summed E-state index contributed by atoms with van der Waals surface area (Å²) >= 11 is 0. The molecule has 2 aliphatic rings. The Kier molecular flexibility index (Phi) is 10.8. The minimum absolute atomic E-state index is 0.00213. The highest BCUT2D eigenvalue weighted by Crippen LogP contribution is 2.33. The van der Waals surface area contributed by atoms with E-state index in [0.29, 0.717) is 17.6 Å². The van der Waals surface area contributed by atoms with Crippen molar-refractivity contribution in [2.45, 2.75) is 84.3 Å². The molecule has 44 heavy (non-hydrogen) atoms. The van der Waals surface area contributed by atoms with Crippen LogP contribution in [0.25, 0.3) is 0 Å². The molecule has 13 heteroatoms. The van der Waals surface area contributed by atoms with Crippen molar-refractivity contribution in [1.29, 1.82) is 0 Å². The van der Waals surface area contributed by atoms with Gasteiger partial charge in [-0.2, -0.15) is 0 Å². The van der Waals surface area contributed by atoms with Gasteiger partial charge in [0.15, 0.2) is 0 Å². The number of hydrogen-bond acceptors (Lipinski definition) is 12. The van der Waals surface area contributed by atoms with E-state index in [0.717, 1.165) is 68.2 Å². The van der Waals surface area contributed by atoms with Gasteiger partial charge in [-0.05, 0) is 71.9 Å². The second-order valence-corrected chi connectivity index (χ2v) is 12.2. The lowest BCUT2D eigenvalue weighted by Gasteiger charge is -2.34. The third-order valence-electron chi connectivity index (χ3n) is 7.58. The number of methoxy groups -OCH3 is 1. The molecule has 0 unspecified atom stereocenters.